The summed E-state index contributed by atoms with van der Waals surface area (Å²) < 4.78 is 1.81. The van der Waals surface area contributed by atoms with E-state index in [9.17, 15) is 14.7 Å². The predicted molar refractivity (Wildman–Crippen MR) is 80.6 cm³/mol. The van der Waals surface area contributed by atoms with Crippen LogP contribution in [0.2, 0.25) is 0 Å². The van der Waals surface area contributed by atoms with Gasteiger partial charge in [0.25, 0.3) is 0 Å². The summed E-state index contributed by atoms with van der Waals surface area (Å²) in [5, 5.41) is 10.3. The quantitative estimate of drug-likeness (QED) is 0.922. The van der Waals surface area contributed by atoms with Crippen molar-refractivity contribution < 1.29 is 14.7 Å². The van der Waals surface area contributed by atoms with E-state index in [2.05, 4.69) is 0 Å². The number of benzene rings is 1. The van der Waals surface area contributed by atoms with Gasteiger partial charge in [0.15, 0.2) is 0 Å². The van der Waals surface area contributed by atoms with Gasteiger partial charge < -0.3 is 5.11 Å². The third kappa shape index (κ3) is 2.15. The maximum Gasteiger partial charge on any atom is 0.306 e. The number of carbonyl (C=O) groups excluding carboxylic acids is 1. The van der Waals surface area contributed by atoms with Crippen LogP contribution in [0, 0.1) is 11.8 Å². The number of hydrogen-bond acceptors (Lipinski definition) is 2. The zero-order valence-electron chi connectivity index (χ0n) is 12.3. The minimum absolute atomic E-state index is 0.0814. The zero-order valence-corrected chi connectivity index (χ0v) is 12.3. The van der Waals surface area contributed by atoms with Gasteiger partial charge in [-0.05, 0) is 30.9 Å². The van der Waals surface area contributed by atoms with Crippen molar-refractivity contribution in [2.75, 3.05) is 0 Å². The third-order valence-corrected chi connectivity index (χ3v) is 4.33. The molecule has 4 nitrogen and oxygen atoms in total. The summed E-state index contributed by atoms with van der Waals surface area (Å²) in [7, 11) is 0. The molecule has 1 unspecified atom stereocenters. The summed E-state index contributed by atoms with van der Waals surface area (Å²) in [6.07, 6.45) is 1.77. The second kappa shape index (κ2) is 5.02. The van der Waals surface area contributed by atoms with Crippen molar-refractivity contribution >= 4 is 22.8 Å². The van der Waals surface area contributed by atoms with E-state index in [1.807, 2.05) is 42.7 Å². The molecular formula is C17H19NO3. The summed E-state index contributed by atoms with van der Waals surface area (Å²) in [6.45, 7) is 3.79. The fourth-order valence-electron chi connectivity index (χ4n) is 3.23. The van der Waals surface area contributed by atoms with Gasteiger partial charge in [0.1, 0.15) is 0 Å². The maximum atomic E-state index is 12.6. The first-order valence-corrected chi connectivity index (χ1v) is 7.39. The lowest BCUT2D eigenvalue weighted by molar-refractivity contribution is -0.142. The van der Waals surface area contributed by atoms with Crippen molar-refractivity contribution in [3.63, 3.8) is 0 Å². The number of aliphatic carboxylic acids is 1. The Morgan fingerprint density at radius 1 is 1.29 bits per heavy atom. The largest absolute Gasteiger partial charge is 0.481 e. The van der Waals surface area contributed by atoms with E-state index in [0.29, 0.717) is 19.3 Å². The Morgan fingerprint density at radius 3 is 2.67 bits per heavy atom. The number of aromatic nitrogens is 1. The zero-order chi connectivity index (χ0) is 15.1. The molecule has 0 fully saturated rings. The smallest absolute Gasteiger partial charge is 0.306 e. The maximum absolute atomic E-state index is 12.6. The molecule has 1 atom stereocenters. The fourth-order valence-corrected chi connectivity index (χ4v) is 3.23. The molecule has 0 saturated carbocycles. The number of rotatable bonds is 2. The molecule has 0 aliphatic heterocycles. The minimum atomic E-state index is -0.743. The second-order valence-corrected chi connectivity index (χ2v) is 6.05. The molecule has 2 aromatic rings. The monoisotopic (exact) mass is 285 g/mol. The van der Waals surface area contributed by atoms with Crippen molar-refractivity contribution in [3.05, 3.63) is 35.5 Å². The molecule has 0 spiro atoms. The second-order valence-electron chi connectivity index (χ2n) is 6.05. The number of nitrogens with zero attached hydrogens (tertiary/aromatic N) is 1. The first-order valence-electron chi connectivity index (χ1n) is 7.39. The van der Waals surface area contributed by atoms with Crippen LogP contribution < -0.4 is 0 Å². The molecule has 1 aliphatic rings. The Hall–Kier alpha value is -2.10. The highest BCUT2D eigenvalue weighted by molar-refractivity contribution is 5.97. The molecule has 21 heavy (non-hydrogen) atoms. The topological polar surface area (TPSA) is 59.3 Å². The molecule has 0 bridgehead atoms. The minimum Gasteiger partial charge on any atom is -0.481 e. The SMILES string of the molecule is CC(C)C(=O)n1c2c(c3ccccc31)CC(C(=O)O)CC2. The van der Waals surface area contributed by atoms with Crippen molar-refractivity contribution in [2.24, 2.45) is 11.8 Å². The lowest BCUT2D eigenvalue weighted by Crippen LogP contribution is -2.25. The summed E-state index contributed by atoms with van der Waals surface area (Å²) in [4.78, 5) is 23.8. The average Bonchev–Trinajstić information content (AvgIpc) is 2.80. The first kappa shape index (κ1) is 13.9. The highest BCUT2D eigenvalue weighted by Gasteiger charge is 2.31. The van der Waals surface area contributed by atoms with Crippen LogP contribution in [-0.2, 0) is 17.6 Å². The molecule has 0 saturated heterocycles. The summed E-state index contributed by atoms with van der Waals surface area (Å²) in [5.74, 6) is -1.08. The summed E-state index contributed by atoms with van der Waals surface area (Å²) >= 11 is 0. The van der Waals surface area contributed by atoms with Crippen molar-refractivity contribution in [1.29, 1.82) is 0 Å². The summed E-state index contributed by atoms with van der Waals surface area (Å²) in [6, 6.07) is 7.80. The molecule has 1 aliphatic carbocycles. The Balaban J connectivity index is 2.22. The van der Waals surface area contributed by atoms with E-state index in [4.69, 9.17) is 0 Å². The van der Waals surface area contributed by atoms with Gasteiger partial charge in [-0.15, -0.1) is 0 Å². The molecule has 0 amide bonds. The number of para-hydroxylation sites is 1. The van der Waals surface area contributed by atoms with Crippen molar-refractivity contribution in [1.82, 2.24) is 4.57 Å². The molecule has 1 aromatic heterocycles. The number of hydrogen-bond donors (Lipinski definition) is 1. The van der Waals surface area contributed by atoms with Gasteiger partial charge in [0, 0.05) is 17.0 Å². The van der Waals surface area contributed by atoms with Gasteiger partial charge in [0.05, 0.1) is 11.4 Å². The first-order chi connectivity index (χ1) is 10.0. The summed E-state index contributed by atoms with van der Waals surface area (Å²) in [5.41, 5.74) is 2.96. The number of carboxylic acids is 1. The molecule has 4 heteroatoms. The Bertz CT molecular complexity index is 727. The van der Waals surface area contributed by atoms with Crippen molar-refractivity contribution in [3.8, 4) is 0 Å². The van der Waals surface area contributed by atoms with E-state index in [0.717, 1.165) is 22.2 Å². The predicted octanol–water partition coefficient (Wildman–Crippen LogP) is 3.13. The van der Waals surface area contributed by atoms with Crippen LogP contribution in [0.5, 0.6) is 0 Å². The van der Waals surface area contributed by atoms with Gasteiger partial charge >= 0.3 is 5.97 Å². The molecule has 0 radical (unpaired) electrons. The normalized spacial score (nSPS) is 18.0. The molecule has 1 aromatic carbocycles. The number of carbonyl (C=O) groups is 2. The lowest BCUT2D eigenvalue weighted by atomic mass is 9.86. The Labute approximate surface area is 123 Å². The van der Waals surface area contributed by atoms with Gasteiger partial charge in [-0.3, -0.25) is 14.2 Å². The van der Waals surface area contributed by atoms with Gasteiger partial charge in [-0.1, -0.05) is 32.0 Å². The van der Waals surface area contributed by atoms with E-state index in [-0.39, 0.29) is 17.7 Å². The van der Waals surface area contributed by atoms with Crippen molar-refractivity contribution in [2.45, 2.75) is 33.1 Å². The van der Waals surface area contributed by atoms with Crippen LogP contribution >= 0.6 is 0 Å². The Morgan fingerprint density at radius 2 is 2.00 bits per heavy atom. The van der Waals surface area contributed by atoms with Gasteiger partial charge in [0.2, 0.25) is 5.91 Å². The highest BCUT2D eigenvalue weighted by atomic mass is 16.4. The Kier molecular flexibility index (Phi) is 3.32. The average molecular weight is 285 g/mol. The van der Waals surface area contributed by atoms with Crippen LogP contribution in [0.1, 0.15) is 36.3 Å². The molecule has 1 N–H and O–H groups in total. The van der Waals surface area contributed by atoms with E-state index in [1.54, 1.807) is 0 Å². The molecule has 1 heterocycles. The van der Waals surface area contributed by atoms with Gasteiger partial charge in [-0.25, -0.2) is 0 Å². The van der Waals surface area contributed by atoms with Gasteiger partial charge in [-0.2, -0.15) is 0 Å². The van der Waals surface area contributed by atoms with Crippen LogP contribution in [-0.4, -0.2) is 21.6 Å². The highest BCUT2D eigenvalue weighted by Crippen LogP contribution is 2.35. The van der Waals surface area contributed by atoms with Crippen LogP contribution in [0.25, 0.3) is 10.9 Å². The molecule has 3 rings (SSSR count). The van der Waals surface area contributed by atoms with Crippen LogP contribution in [0.4, 0.5) is 0 Å². The number of carboxylic acid groups (broad SMARTS) is 1. The van der Waals surface area contributed by atoms with E-state index >= 15 is 0 Å². The van der Waals surface area contributed by atoms with Crippen LogP contribution in [0.15, 0.2) is 24.3 Å². The lowest BCUT2D eigenvalue weighted by Gasteiger charge is -2.21. The number of fused-ring (bicyclic) bond motifs is 3. The fraction of sp³-hybridized carbons (Fsp3) is 0.412. The molecular weight excluding hydrogens is 266 g/mol. The van der Waals surface area contributed by atoms with Crippen LogP contribution in [0.3, 0.4) is 0 Å². The van der Waals surface area contributed by atoms with E-state index < -0.39 is 5.97 Å². The standard InChI is InChI=1S/C17H19NO3/c1-10(2)16(19)18-14-6-4-3-5-12(14)13-9-11(17(20)21)7-8-15(13)18/h3-6,10-11H,7-9H2,1-2H3,(H,20,21). The molecule has 110 valence electrons. The van der Waals surface area contributed by atoms with E-state index in [1.165, 1.54) is 0 Å². The third-order valence-electron chi connectivity index (χ3n) is 4.33.